The lowest BCUT2D eigenvalue weighted by molar-refractivity contribution is 1.06. The lowest BCUT2D eigenvalue weighted by Crippen LogP contribution is -1.96. The Kier molecular flexibility index (Phi) is 7.56. The molecule has 5 nitrogen and oxygen atoms in total. The monoisotopic (exact) mass is 543 g/mol. The van der Waals surface area contributed by atoms with E-state index in [1.807, 2.05) is 74.6 Å². The standard InChI is InChI=1S/C37H29N5/c1-25-20-26(2)42-37(41-25)32-17-13-29(14-18-32)34-22-27(24-40-36(38)31-8-4-3-5-9-31)21-33(23-34)28-11-15-30(16-12-28)35-10-6-7-19-39-35/h3-24,38H,1-2H3/b38-36?,40-24+. The molecule has 0 saturated carbocycles. The highest BCUT2D eigenvalue weighted by molar-refractivity contribution is 6.03. The molecular weight excluding hydrogens is 514 g/mol. The van der Waals surface area contributed by atoms with Gasteiger partial charge in [0, 0.05) is 40.5 Å². The second kappa shape index (κ2) is 11.9. The van der Waals surface area contributed by atoms with Crippen LogP contribution in [0.25, 0.3) is 44.9 Å². The van der Waals surface area contributed by atoms with Crippen LogP contribution < -0.4 is 0 Å². The van der Waals surface area contributed by atoms with Crippen molar-refractivity contribution in [1.29, 1.82) is 5.41 Å². The molecule has 0 aliphatic rings. The molecule has 5 heteroatoms. The highest BCUT2D eigenvalue weighted by Gasteiger charge is 2.09. The molecule has 0 unspecified atom stereocenters. The summed E-state index contributed by atoms with van der Waals surface area (Å²) in [6.07, 6.45) is 3.57. The van der Waals surface area contributed by atoms with Gasteiger partial charge in [-0.3, -0.25) is 10.4 Å². The fourth-order valence-electron chi connectivity index (χ4n) is 4.90. The van der Waals surface area contributed by atoms with E-state index in [4.69, 9.17) is 5.41 Å². The quantitative estimate of drug-likeness (QED) is 0.169. The van der Waals surface area contributed by atoms with E-state index in [-0.39, 0.29) is 5.84 Å². The number of aryl methyl sites for hydroxylation is 2. The van der Waals surface area contributed by atoms with Crippen molar-refractivity contribution in [2.75, 3.05) is 0 Å². The van der Waals surface area contributed by atoms with E-state index in [1.165, 1.54) is 0 Å². The molecule has 0 aliphatic carbocycles. The number of aliphatic imine (C=N–C) groups is 1. The third-order valence-electron chi connectivity index (χ3n) is 6.98. The summed E-state index contributed by atoms with van der Waals surface area (Å²) >= 11 is 0. The number of hydrogen-bond donors (Lipinski definition) is 1. The van der Waals surface area contributed by atoms with Gasteiger partial charge in [0.05, 0.1) is 5.69 Å². The Morgan fingerprint density at radius 2 is 1.17 bits per heavy atom. The van der Waals surface area contributed by atoms with E-state index in [1.54, 1.807) is 6.21 Å². The Labute approximate surface area is 245 Å². The number of pyridine rings is 1. The molecule has 0 saturated heterocycles. The van der Waals surface area contributed by atoms with Gasteiger partial charge in [-0.05, 0) is 78.1 Å². The molecule has 0 fully saturated rings. The first-order valence-corrected chi connectivity index (χ1v) is 13.8. The minimum absolute atomic E-state index is 0.222. The number of nitrogens with one attached hydrogen (secondary N) is 1. The van der Waals surface area contributed by atoms with Gasteiger partial charge in [0.25, 0.3) is 0 Å². The molecule has 1 N–H and O–H groups in total. The Hall–Kier alpha value is -5.55. The van der Waals surface area contributed by atoms with Gasteiger partial charge >= 0.3 is 0 Å². The number of amidine groups is 1. The Bertz CT molecular complexity index is 1860. The van der Waals surface area contributed by atoms with Crippen LogP contribution in [0.15, 0.2) is 133 Å². The van der Waals surface area contributed by atoms with Crippen LogP contribution in [-0.4, -0.2) is 27.0 Å². The minimum Gasteiger partial charge on any atom is -0.282 e. The predicted molar refractivity (Wildman–Crippen MR) is 172 cm³/mol. The molecule has 4 aromatic carbocycles. The molecule has 202 valence electrons. The summed E-state index contributed by atoms with van der Waals surface area (Å²) in [5.74, 6) is 0.952. The third kappa shape index (κ3) is 6.11. The number of hydrogen-bond acceptors (Lipinski definition) is 4. The highest BCUT2D eigenvalue weighted by Crippen LogP contribution is 2.31. The van der Waals surface area contributed by atoms with Gasteiger partial charge in [0.15, 0.2) is 11.7 Å². The fourth-order valence-corrected chi connectivity index (χ4v) is 4.90. The lowest BCUT2D eigenvalue weighted by Gasteiger charge is -2.11. The highest BCUT2D eigenvalue weighted by atomic mass is 14.9. The van der Waals surface area contributed by atoms with E-state index >= 15 is 0 Å². The topological polar surface area (TPSA) is 74.9 Å². The van der Waals surface area contributed by atoms with E-state index in [0.29, 0.717) is 0 Å². The van der Waals surface area contributed by atoms with Gasteiger partial charge in [-0.1, -0.05) is 84.9 Å². The molecule has 2 aromatic heterocycles. The van der Waals surface area contributed by atoms with Crippen molar-refractivity contribution in [2.45, 2.75) is 13.8 Å². The summed E-state index contributed by atoms with van der Waals surface area (Å²) in [5, 5.41) is 8.44. The Morgan fingerprint density at radius 3 is 1.76 bits per heavy atom. The first kappa shape index (κ1) is 26.7. The van der Waals surface area contributed by atoms with Crippen molar-refractivity contribution in [3.8, 4) is 44.9 Å². The molecule has 0 radical (unpaired) electrons. The van der Waals surface area contributed by atoms with E-state index < -0.39 is 0 Å². The average molecular weight is 544 g/mol. The summed E-state index contributed by atoms with van der Waals surface area (Å²) in [7, 11) is 0. The predicted octanol–water partition coefficient (Wildman–Crippen LogP) is 8.60. The maximum atomic E-state index is 8.44. The van der Waals surface area contributed by atoms with E-state index in [2.05, 4.69) is 86.7 Å². The Morgan fingerprint density at radius 1 is 0.595 bits per heavy atom. The third-order valence-corrected chi connectivity index (χ3v) is 6.98. The van der Waals surface area contributed by atoms with Gasteiger partial charge in [0.1, 0.15) is 0 Å². The summed E-state index contributed by atoms with van der Waals surface area (Å²) in [6.45, 7) is 3.98. The van der Waals surface area contributed by atoms with Crippen molar-refractivity contribution in [3.63, 3.8) is 0 Å². The maximum absolute atomic E-state index is 8.44. The zero-order valence-electron chi connectivity index (χ0n) is 23.5. The molecule has 2 heterocycles. The number of aromatic nitrogens is 3. The average Bonchev–Trinajstić information content (AvgIpc) is 3.04. The van der Waals surface area contributed by atoms with Crippen molar-refractivity contribution in [2.24, 2.45) is 4.99 Å². The van der Waals surface area contributed by atoms with Crippen LogP contribution in [0.5, 0.6) is 0 Å². The number of benzene rings is 4. The van der Waals surface area contributed by atoms with Gasteiger partial charge in [-0.2, -0.15) is 0 Å². The summed E-state index contributed by atoms with van der Waals surface area (Å²) in [6, 6.07) is 40.7. The number of nitrogens with zero attached hydrogens (tertiary/aromatic N) is 4. The zero-order valence-corrected chi connectivity index (χ0v) is 23.5. The van der Waals surface area contributed by atoms with Gasteiger partial charge in [0.2, 0.25) is 0 Å². The lowest BCUT2D eigenvalue weighted by atomic mass is 9.95. The molecule has 0 aliphatic heterocycles. The van der Waals surface area contributed by atoms with Gasteiger partial charge < -0.3 is 0 Å². The maximum Gasteiger partial charge on any atom is 0.159 e. The van der Waals surface area contributed by atoms with E-state index in [0.717, 1.165) is 67.4 Å². The summed E-state index contributed by atoms with van der Waals surface area (Å²) in [5.41, 5.74) is 10.9. The van der Waals surface area contributed by atoms with Crippen LogP contribution in [0.2, 0.25) is 0 Å². The molecule has 0 spiro atoms. The number of rotatable bonds is 6. The van der Waals surface area contributed by atoms with Crippen molar-refractivity contribution in [3.05, 3.63) is 150 Å². The van der Waals surface area contributed by atoms with Crippen LogP contribution >= 0.6 is 0 Å². The van der Waals surface area contributed by atoms with Gasteiger partial charge in [-0.15, -0.1) is 0 Å². The molecule has 6 rings (SSSR count). The zero-order chi connectivity index (χ0) is 28.9. The first-order chi connectivity index (χ1) is 20.5. The van der Waals surface area contributed by atoms with Crippen molar-refractivity contribution < 1.29 is 0 Å². The normalized spacial score (nSPS) is 11.1. The van der Waals surface area contributed by atoms with Crippen molar-refractivity contribution in [1.82, 2.24) is 15.0 Å². The van der Waals surface area contributed by atoms with E-state index in [9.17, 15) is 0 Å². The minimum atomic E-state index is 0.222. The molecular formula is C37H29N5. The summed E-state index contributed by atoms with van der Waals surface area (Å²) in [4.78, 5) is 18.2. The fraction of sp³-hybridized carbons (Fsp3) is 0.0541. The molecule has 42 heavy (non-hydrogen) atoms. The Balaban J connectivity index is 1.37. The van der Waals surface area contributed by atoms with Crippen LogP contribution in [0.1, 0.15) is 22.5 Å². The van der Waals surface area contributed by atoms with Crippen LogP contribution in [0.3, 0.4) is 0 Å². The van der Waals surface area contributed by atoms with Crippen molar-refractivity contribution >= 4 is 12.1 Å². The smallest absolute Gasteiger partial charge is 0.159 e. The van der Waals surface area contributed by atoms with Crippen LogP contribution in [-0.2, 0) is 0 Å². The molecule has 6 aromatic rings. The molecule has 0 amide bonds. The van der Waals surface area contributed by atoms with Crippen LogP contribution in [0.4, 0.5) is 0 Å². The first-order valence-electron chi connectivity index (χ1n) is 13.8. The second-order valence-electron chi connectivity index (χ2n) is 10.2. The molecule has 0 bridgehead atoms. The van der Waals surface area contributed by atoms with Gasteiger partial charge in [-0.25, -0.2) is 15.0 Å². The molecule has 0 atom stereocenters. The largest absolute Gasteiger partial charge is 0.282 e. The summed E-state index contributed by atoms with van der Waals surface area (Å²) < 4.78 is 0. The SMILES string of the molecule is Cc1cc(C)nc(-c2ccc(-c3cc(/C=N/C(=N)c4ccccc4)cc(-c4ccc(-c5ccccn5)cc4)c3)cc2)n1. The van der Waals surface area contributed by atoms with Crippen LogP contribution in [0, 0.1) is 19.3 Å². The second-order valence-corrected chi connectivity index (χ2v) is 10.2.